The van der Waals surface area contributed by atoms with Gasteiger partial charge in [-0.25, -0.2) is 0 Å². The van der Waals surface area contributed by atoms with E-state index in [1.807, 2.05) is 6.92 Å². The number of carbonyl (C=O) groups is 1. The Bertz CT molecular complexity index is 340. The highest BCUT2D eigenvalue weighted by molar-refractivity contribution is 5.75. The normalized spacial score (nSPS) is 36.1. The fourth-order valence-corrected chi connectivity index (χ4v) is 4.06. The van der Waals surface area contributed by atoms with Crippen molar-refractivity contribution in [3.63, 3.8) is 0 Å². The largest absolute Gasteiger partial charge is 0.481 e. The molecular weight excluding hydrogens is 238 g/mol. The van der Waals surface area contributed by atoms with Gasteiger partial charge in [0, 0.05) is 12.6 Å². The molecule has 0 bridgehead atoms. The van der Waals surface area contributed by atoms with Crippen molar-refractivity contribution in [3.05, 3.63) is 0 Å². The van der Waals surface area contributed by atoms with Gasteiger partial charge in [0.05, 0.1) is 5.41 Å². The molecular formula is C16H29NO2. The average molecular weight is 267 g/mol. The van der Waals surface area contributed by atoms with Crippen LogP contribution in [0.3, 0.4) is 0 Å². The molecule has 0 radical (unpaired) electrons. The smallest absolute Gasteiger partial charge is 0.310 e. The third-order valence-corrected chi connectivity index (χ3v) is 5.43. The van der Waals surface area contributed by atoms with Gasteiger partial charge in [-0.05, 0) is 50.5 Å². The summed E-state index contributed by atoms with van der Waals surface area (Å²) in [5, 5.41) is 9.58. The summed E-state index contributed by atoms with van der Waals surface area (Å²) in [6, 6.07) is 0.606. The summed E-state index contributed by atoms with van der Waals surface area (Å²) in [4.78, 5) is 14.1. The Morgan fingerprint density at radius 2 is 2.05 bits per heavy atom. The molecule has 2 fully saturated rings. The zero-order valence-electron chi connectivity index (χ0n) is 12.7. The molecule has 3 heteroatoms. The van der Waals surface area contributed by atoms with E-state index in [9.17, 15) is 9.90 Å². The average Bonchev–Trinajstić information content (AvgIpc) is 2.37. The SMILES string of the molecule is CCC1(C(=O)O)CCCN(C2CCCC(C)(C)C2)C1. The molecule has 2 aliphatic rings. The first-order chi connectivity index (χ1) is 8.88. The molecule has 3 nitrogen and oxygen atoms in total. The second-order valence-electron chi connectivity index (χ2n) is 7.43. The molecule has 2 unspecified atom stereocenters. The fraction of sp³-hybridized carbons (Fsp3) is 0.938. The van der Waals surface area contributed by atoms with Gasteiger partial charge in [0.1, 0.15) is 0 Å². The highest BCUT2D eigenvalue weighted by atomic mass is 16.4. The number of nitrogens with zero attached hydrogens (tertiary/aromatic N) is 1. The summed E-state index contributed by atoms with van der Waals surface area (Å²) in [5.41, 5.74) is -0.0572. The number of likely N-dealkylation sites (tertiary alicyclic amines) is 1. The molecule has 1 saturated heterocycles. The van der Waals surface area contributed by atoms with Crippen LogP contribution in [0, 0.1) is 10.8 Å². The number of hydrogen-bond acceptors (Lipinski definition) is 2. The monoisotopic (exact) mass is 267 g/mol. The van der Waals surface area contributed by atoms with Crippen molar-refractivity contribution in [1.29, 1.82) is 0 Å². The maximum absolute atomic E-state index is 11.6. The van der Waals surface area contributed by atoms with Crippen molar-refractivity contribution >= 4 is 5.97 Å². The lowest BCUT2D eigenvalue weighted by molar-refractivity contribution is -0.154. The third kappa shape index (κ3) is 3.13. The highest BCUT2D eigenvalue weighted by Crippen LogP contribution is 2.41. The molecule has 1 N–H and O–H groups in total. The summed E-state index contributed by atoms with van der Waals surface area (Å²) in [6.45, 7) is 8.60. The van der Waals surface area contributed by atoms with Crippen molar-refractivity contribution < 1.29 is 9.90 Å². The Labute approximate surface area is 117 Å². The summed E-state index contributed by atoms with van der Waals surface area (Å²) < 4.78 is 0. The highest BCUT2D eigenvalue weighted by Gasteiger charge is 2.43. The lowest BCUT2D eigenvalue weighted by Gasteiger charge is -2.47. The quantitative estimate of drug-likeness (QED) is 0.850. The van der Waals surface area contributed by atoms with Gasteiger partial charge < -0.3 is 5.11 Å². The lowest BCUT2D eigenvalue weighted by atomic mass is 9.72. The first-order valence-corrected chi connectivity index (χ1v) is 7.86. The van der Waals surface area contributed by atoms with Gasteiger partial charge in [0.2, 0.25) is 0 Å². The number of piperidine rings is 1. The molecule has 0 aromatic heterocycles. The molecule has 1 heterocycles. The van der Waals surface area contributed by atoms with Crippen molar-refractivity contribution in [2.75, 3.05) is 13.1 Å². The Balaban J connectivity index is 2.06. The maximum Gasteiger partial charge on any atom is 0.310 e. The van der Waals surface area contributed by atoms with Gasteiger partial charge in [0.15, 0.2) is 0 Å². The van der Waals surface area contributed by atoms with Crippen LogP contribution < -0.4 is 0 Å². The first-order valence-electron chi connectivity index (χ1n) is 7.86. The van der Waals surface area contributed by atoms with E-state index in [-0.39, 0.29) is 0 Å². The maximum atomic E-state index is 11.6. The van der Waals surface area contributed by atoms with Crippen LogP contribution in [0.15, 0.2) is 0 Å². The molecule has 1 saturated carbocycles. The minimum atomic E-state index is -0.588. The lowest BCUT2D eigenvalue weighted by Crippen LogP contribution is -2.52. The first kappa shape index (κ1) is 14.8. The molecule has 0 spiro atoms. The zero-order valence-corrected chi connectivity index (χ0v) is 12.7. The summed E-state index contributed by atoms with van der Waals surface area (Å²) in [5.74, 6) is -0.588. The summed E-state index contributed by atoms with van der Waals surface area (Å²) >= 11 is 0. The second kappa shape index (κ2) is 5.43. The van der Waals surface area contributed by atoms with Gasteiger partial charge in [-0.15, -0.1) is 0 Å². The Kier molecular flexibility index (Phi) is 4.24. The second-order valence-corrected chi connectivity index (χ2v) is 7.43. The van der Waals surface area contributed by atoms with E-state index >= 15 is 0 Å². The van der Waals surface area contributed by atoms with E-state index in [4.69, 9.17) is 0 Å². The van der Waals surface area contributed by atoms with Crippen molar-refractivity contribution in [3.8, 4) is 0 Å². The van der Waals surface area contributed by atoms with Crippen LogP contribution >= 0.6 is 0 Å². The zero-order chi connectivity index (χ0) is 14.1. The molecule has 2 rings (SSSR count). The molecule has 1 aliphatic carbocycles. The molecule has 0 amide bonds. The predicted octanol–water partition coefficient (Wildman–Crippen LogP) is 3.53. The van der Waals surface area contributed by atoms with E-state index < -0.39 is 11.4 Å². The van der Waals surface area contributed by atoms with Crippen LogP contribution in [0.1, 0.15) is 65.7 Å². The van der Waals surface area contributed by atoms with Crippen LogP contribution in [0.4, 0.5) is 0 Å². The van der Waals surface area contributed by atoms with Crippen LogP contribution in [0.2, 0.25) is 0 Å². The van der Waals surface area contributed by atoms with Crippen LogP contribution in [0.5, 0.6) is 0 Å². The van der Waals surface area contributed by atoms with Crippen LogP contribution in [0.25, 0.3) is 0 Å². The standard InChI is InChI=1S/C16H29NO2/c1-4-16(14(18)19)9-6-10-17(12-16)13-7-5-8-15(2,3)11-13/h13H,4-12H2,1-3H3,(H,18,19). The van der Waals surface area contributed by atoms with Gasteiger partial charge in [0.25, 0.3) is 0 Å². The number of carboxylic acids is 1. The topological polar surface area (TPSA) is 40.5 Å². The fourth-order valence-electron chi connectivity index (χ4n) is 4.06. The molecule has 2 atom stereocenters. The number of rotatable bonds is 3. The Hall–Kier alpha value is -0.570. The predicted molar refractivity (Wildman–Crippen MR) is 77.2 cm³/mol. The van der Waals surface area contributed by atoms with Crippen molar-refractivity contribution in [1.82, 2.24) is 4.90 Å². The minimum Gasteiger partial charge on any atom is -0.481 e. The van der Waals surface area contributed by atoms with E-state index in [1.54, 1.807) is 0 Å². The van der Waals surface area contributed by atoms with Gasteiger partial charge in [-0.2, -0.15) is 0 Å². The van der Waals surface area contributed by atoms with E-state index in [0.717, 1.165) is 32.4 Å². The van der Waals surface area contributed by atoms with E-state index in [0.29, 0.717) is 11.5 Å². The molecule has 1 aliphatic heterocycles. The Morgan fingerprint density at radius 3 is 2.63 bits per heavy atom. The van der Waals surface area contributed by atoms with Gasteiger partial charge >= 0.3 is 5.97 Å². The summed E-state index contributed by atoms with van der Waals surface area (Å²) in [7, 11) is 0. The number of carboxylic acid groups (broad SMARTS) is 1. The number of aliphatic carboxylic acids is 1. The Morgan fingerprint density at radius 1 is 1.32 bits per heavy atom. The molecule has 19 heavy (non-hydrogen) atoms. The molecule has 0 aromatic carbocycles. The molecule has 110 valence electrons. The van der Waals surface area contributed by atoms with Gasteiger partial charge in [-0.3, -0.25) is 9.69 Å². The van der Waals surface area contributed by atoms with Crippen LogP contribution in [-0.4, -0.2) is 35.1 Å². The van der Waals surface area contributed by atoms with Crippen molar-refractivity contribution in [2.45, 2.75) is 71.8 Å². The minimum absolute atomic E-state index is 0.429. The van der Waals surface area contributed by atoms with E-state index in [2.05, 4.69) is 18.7 Å². The summed E-state index contributed by atoms with van der Waals surface area (Å²) in [6.07, 6.45) is 7.74. The number of hydrogen-bond donors (Lipinski definition) is 1. The van der Waals surface area contributed by atoms with E-state index in [1.165, 1.54) is 25.7 Å². The van der Waals surface area contributed by atoms with Gasteiger partial charge in [-0.1, -0.05) is 27.2 Å². The van der Waals surface area contributed by atoms with Crippen LogP contribution in [-0.2, 0) is 4.79 Å². The third-order valence-electron chi connectivity index (χ3n) is 5.43. The van der Waals surface area contributed by atoms with Crippen molar-refractivity contribution in [2.24, 2.45) is 10.8 Å². The molecule has 0 aromatic rings.